The van der Waals surface area contributed by atoms with Gasteiger partial charge in [0.2, 0.25) is 5.82 Å². The quantitative estimate of drug-likeness (QED) is 0.710. The van der Waals surface area contributed by atoms with Crippen LogP contribution in [0.1, 0.15) is 11.4 Å². The lowest BCUT2D eigenvalue weighted by atomic mass is 10.2. The molecule has 0 aliphatic carbocycles. The SMILES string of the molecule is FC(F)(F)c1nc2c(OCc3ccccc3)cc(Br)cc2[nH]1. The summed E-state index contributed by atoms with van der Waals surface area (Å²) in [6, 6.07) is 12.5. The molecule has 3 rings (SSSR count). The molecule has 0 spiro atoms. The van der Waals surface area contributed by atoms with E-state index in [-0.39, 0.29) is 17.6 Å². The van der Waals surface area contributed by atoms with Gasteiger partial charge in [0, 0.05) is 4.47 Å². The van der Waals surface area contributed by atoms with Crippen LogP contribution < -0.4 is 4.74 Å². The number of nitrogens with one attached hydrogen (secondary N) is 1. The van der Waals surface area contributed by atoms with Crippen molar-refractivity contribution in [1.82, 2.24) is 9.97 Å². The molecule has 7 heteroatoms. The van der Waals surface area contributed by atoms with E-state index >= 15 is 0 Å². The summed E-state index contributed by atoms with van der Waals surface area (Å²) < 4.78 is 44.5. The number of alkyl halides is 3. The second kappa shape index (κ2) is 5.64. The van der Waals surface area contributed by atoms with Gasteiger partial charge in [-0.2, -0.15) is 13.2 Å². The zero-order chi connectivity index (χ0) is 15.7. The van der Waals surface area contributed by atoms with Crippen LogP contribution in [-0.4, -0.2) is 9.97 Å². The van der Waals surface area contributed by atoms with Crippen molar-refractivity contribution in [3.05, 3.63) is 58.3 Å². The maximum Gasteiger partial charge on any atom is 0.449 e. The van der Waals surface area contributed by atoms with E-state index < -0.39 is 12.0 Å². The normalized spacial score (nSPS) is 11.8. The first kappa shape index (κ1) is 14.9. The molecule has 0 amide bonds. The Labute approximate surface area is 132 Å². The van der Waals surface area contributed by atoms with Gasteiger partial charge in [-0.3, -0.25) is 0 Å². The van der Waals surface area contributed by atoms with Gasteiger partial charge in [0.05, 0.1) is 5.52 Å². The molecule has 1 heterocycles. The first-order valence-corrected chi connectivity index (χ1v) is 7.16. The third kappa shape index (κ3) is 3.09. The van der Waals surface area contributed by atoms with Crippen molar-refractivity contribution in [3.8, 4) is 5.75 Å². The number of fused-ring (bicyclic) bond motifs is 1. The number of H-pyrrole nitrogens is 1. The molecule has 0 fully saturated rings. The minimum Gasteiger partial charge on any atom is -0.487 e. The van der Waals surface area contributed by atoms with Crippen molar-refractivity contribution in [1.29, 1.82) is 0 Å². The van der Waals surface area contributed by atoms with Gasteiger partial charge in [0.15, 0.2) is 0 Å². The Morgan fingerprint density at radius 1 is 1.14 bits per heavy atom. The third-order valence-electron chi connectivity index (χ3n) is 3.02. The molecule has 0 bridgehead atoms. The Balaban J connectivity index is 1.96. The minimum absolute atomic E-state index is 0.159. The van der Waals surface area contributed by atoms with Crippen LogP contribution in [-0.2, 0) is 12.8 Å². The van der Waals surface area contributed by atoms with Crippen molar-refractivity contribution < 1.29 is 17.9 Å². The van der Waals surface area contributed by atoms with Gasteiger partial charge in [0.25, 0.3) is 0 Å². The molecule has 0 radical (unpaired) electrons. The average Bonchev–Trinajstić information content (AvgIpc) is 2.90. The highest BCUT2D eigenvalue weighted by molar-refractivity contribution is 9.10. The van der Waals surface area contributed by atoms with Crippen LogP contribution in [0.25, 0.3) is 11.0 Å². The number of halogens is 4. The summed E-state index contributed by atoms with van der Waals surface area (Å²) >= 11 is 3.26. The Morgan fingerprint density at radius 2 is 1.86 bits per heavy atom. The van der Waals surface area contributed by atoms with E-state index in [9.17, 15) is 13.2 Å². The van der Waals surface area contributed by atoms with Gasteiger partial charge in [-0.15, -0.1) is 0 Å². The summed E-state index contributed by atoms with van der Waals surface area (Å²) in [6.07, 6.45) is -4.53. The van der Waals surface area contributed by atoms with Gasteiger partial charge in [-0.1, -0.05) is 46.3 Å². The van der Waals surface area contributed by atoms with Crippen molar-refractivity contribution in [2.45, 2.75) is 12.8 Å². The fourth-order valence-corrected chi connectivity index (χ4v) is 2.47. The molecule has 114 valence electrons. The number of hydrogen-bond acceptors (Lipinski definition) is 2. The molecule has 0 saturated heterocycles. The largest absolute Gasteiger partial charge is 0.487 e. The number of benzene rings is 2. The topological polar surface area (TPSA) is 37.9 Å². The first-order chi connectivity index (χ1) is 10.4. The molecule has 22 heavy (non-hydrogen) atoms. The standard InChI is InChI=1S/C15H10BrF3N2O/c16-10-6-11-13(21-14(20-11)15(17,18)19)12(7-10)22-8-9-4-2-1-3-5-9/h1-7H,8H2,(H,20,21). The Bertz CT molecular complexity index is 800. The van der Waals surface area contributed by atoms with Gasteiger partial charge in [0.1, 0.15) is 17.9 Å². The molecule has 1 aromatic heterocycles. The van der Waals surface area contributed by atoms with Crippen molar-refractivity contribution in [3.63, 3.8) is 0 Å². The van der Waals surface area contributed by atoms with E-state index in [4.69, 9.17) is 4.74 Å². The molecule has 1 N–H and O–H groups in total. The van der Waals surface area contributed by atoms with Gasteiger partial charge in [-0.25, -0.2) is 4.98 Å². The number of ether oxygens (including phenoxy) is 1. The highest BCUT2D eigenvalue weighted by Gasteiger charge is 2.35. The fraction of sp³-hybridized carbons (Fsp3) is 0.133. The fourth-order valence-electron chi connectivity index (χ4n) is 2.03. The second-order valence-corrected chi connectivity index (χ2v) is 5.57. The van der Waals surface area contributed by atoms with Crippen LogP contribution in [0, 0.1) is 0 Å². The monoisotopic (exact) mass is 370 g/mol. The predicted molar refractivity (Wildman–Crippen MR) is 79.6 cm³/mol. The van der Waals surface area contributed by atoms with Crippen LogP contribution in [0.2, 0.25) is 0 Å². The molecular weight excluding hydrogens is 361 g/mol. The lowest BCUT2D eigenvalue weighted by Gasteiger charge is -2.07. The lowest BCUT2D eigenvalue weighted by molar-refractivity contribution is -0.144. The number of rotatable bonds is 3. The molecule has 0 aliphatic heterocycles. The van der Waals surface area contributed by atoms with E-state index in [1.165, 1.54) is 6.07 Å². The van der Waals surface area contributed by atoms with Crippen LogP contribution in [0.3, 0.4) is 0 Å². The summed E-state index contributed by atoms with van der Waals surface area (Å²) in [4.78, 5) is 5.88. The van der Waals surface area contributed by atoms with Crippen LogP contribution >= 0.6 is 15.9 Å². The lowest BCUT2D eigenvalue weighted by Crippen LogP contribution is -2.06. The molecule has 3 aromatic rings. The molecular formula is C15H10BrF3N2O. The zero-order valence-electron chi connectivity index (χ0n) is 11.1. The highest BCUT2D eigenvalue weighted by Crippen LogP contribution is 2.34. The number of imidazole rings is 1. The second-order valence-electron chi connectivity index (χ2n) is 4.66. The summed E-state index contributed by atoms with van der Waals surface area (Å²) in [5.74, 6) is -0.745. The first-order valence-electron chi connectivity index (χ1n) is 6.36. The van der Waals surface area contributed by atoms with E-state index in [1.54, 1.807) is 6.07 Å². The zero-order valence-corrected chi connectivity index (χ0v) is 12.7. The maximum atomic E-state index is 12.8. The smallest absolute Gasteiger partial charge is 0.449 e. The number of aromatic nitrogens is 2. The Kier molecular flexibility index (Phi) is 3.82. The third-order valence-corrected chi connectivity index (χ3v) is 3.48. The summed E-state index contributed by atoms with van der Waals surface area (Å²) in [6.45, 7) is 0.251. The van der Waals surface area contributed by atoms with Crippen molar-refractivity contribution in [2.24, 2.45) is 0 Å². The maximum absolute atomic E-state index is 12.8. The molecule has 3 nitrogen and oxygen atoms in total. The van der Waals surface area contributed by atoms with Gasteiger partial charge >= 0.3 is 6.18 Å². The number of nitrogens with zero attached hydrogens (tertiary/aromatic N) is 1. The average molecular weight is 371 g/mol. The van der Waals surface area contributed by atoms with E-state index in [0.717, 1.165) is 5.56 Å². The van der Waals surface area contributed by atoms with E-state index in [0.29, 0.717) is 10.2 Å². The van der Waals surface area contributed by atoms with Crippen LogP contribution in [0.5, 0.6) is 5.75 Å². The van der Waals surface area contributed by atoms with Crippen LogP contribution in [0.4, 0.5) is 13.2 Å². The van der Waals surface area contributed by atoms with Gasteiger partial charge in [-0.05, 0) is 17.7 Å². The van der Waals surface area contributed by atoms with E-state index in [2.05, 4.69) is 25.9 Å². The van der Waals surface area contributed by atoms with Gasteiger partial charge < -0.3 is 9.72 Å². The van der Waals surface area contributed by atoms with Crippen LogP contribution in [0.15, 0.2) is 46.9 Å². The summed E-state index contributed by atoms with van der Waals surface area (Å²) in [5, 5.41) is 0. The molecule has 2 aromatic carbocycles. The Hall–Kier alpha value is -2.02. The summed E-state index contributed by atoms with van der Waals surface area (Å²) in [5.41, 5.74) is 1.35. The number of hydrogen-bond donors (Lipinski definition) is 1. The predicted octanol–water partition coefficient (Wildman–Crippen LogP) is 4.92. The van der Waals surface area contributed by atoms with E-state index in [1.807, 2.05) is 30.3 Å². The highest BCUT2D eigenvalue weighted by atomic mass is 79.9. The number of aromatic amines is 1. The molecule has 0 unspecified atom stereocenters. The van der Waals surface area contributed by atoms with Crippen molar-refractivity contribution in [2.75, 3.05) is 0 Å². The molecule has 0 atom stereocenters. The molecule has 0 saturated carbocycles. The Morgan fingerprint density at radius 3 is 2.55 bits per heavy atom. The van der Waals surface area contributed by atoms with Crippen molar-refractivity contribution >= 4 is 27.0 Å². The molecule has 0 aliphatic rings. The minimum atomic E-state index is -4.53. The summed E-state index contributed by atoms with van der Waals surface area (Å²) in [7, 11) is 0.